The highest BCUT2D eigenvalue weighted by atomic mass is 32.2. The van der Waals surface area contributed by atoms with Crippen molar-refractivity contribution in [1.82, 2.24) is 19.9 Å². The number of hydrogen-bond donors (Lipinski definition) is 0. The molecule has 6 heterocycles. The molecule has 3 aromatic heterocycles. The van der Waals surface area contributed by atoms with E-state index in [4.69, 9.17) is 19.9 Å². The first-order chi connectivity index (χ1) is 53.5. The van der Waals surface area contributed by atoms with Gasteiger partial charge in [0.15, 0.2) is 5.82 Å². The molecular formula is C98H67N7S3. The third-order valence-corrected chi connectivity index (χ3v) is 22.7. The highest BCUT2D eigenvalue weighted by molar-refractivity contribution is 8.00. The second kappa shape index (κ2) is 30.5. The van der Waals surface area contributed by atoms with Gasteiger partial charge in [-0.3, -0.25) is 4.98 Å². The van der Waals surface area contributed by atoms with Gasteiger partial charge in [0.1, 0.15) is 0 Å². The van der Waals surface area contributed by atoms with E-state index in [9.17, 15) is 0 Å². The fraction of sp³-hybridized carbons (Fsp3) is 0. The molecule has 0 atom stereocenters. The van der Waals surface area contributed by atoms with Crippen LogP contribution in [0.3, 0.4) is 0 Å². The summed E-state index contributed by atoms with van der Waals surface area (Å²) in [5.41, 5.74) is 26.5. The molecule has 17 aromatic rings. The van der Waals surface area contributed by atoms with Crippen LogP contribution in [-0.4, -0.2) is 19.9 Å². The highest BCUT2D eigenvalue weighted by Crippen LogP contribution is 2.54. The fourth-order valence-electron chi connectivity index (χ4n) is 13.9. The van der Waals surface area contributed by atoms with Crippen molar-refractivity contribution < 1.29 is 0 Å². The lowest BCUT2D eigenvalue weighted by molar-refractivity contribution is 1.16. The number of pyridine rings is 2. The maximum atomic E-state index is 5.09. The summed E-state index contributed by atoms with van der Waals surface area (Å²) in [6, 6.07) is 140. The molecule has 0 saturated heterocycles. The lowest BCUT2D eigenvalue weighted by atomic mass is 10.0. The molecule has 7 nitrogen and oxygen atoms in total. The van der Waals surface area contributed by atoms with Crippen LogP contribution in [0.15, 0.2) is 436 Å². The van der Waals surface area contributed by atoms with Crippen LogP contribution in [-0.2, 0) is 0 Å². The van der Waals surface area contributed by atoms with Gasteiger partial charge < -0.3 is 14.7 Å². The summed E-state index contributed by atoms with van der Waals surface area (Å²) in [6.45, 7) is 0. The minimum Gasteiger partial charge on any atom is -0.308 e. The molecule has 108 heavy (non-hydrogen) atoms. The predicted octanol–water partition coefficient (Wildman–Crippen LogP) is 27.8. The van der Waals surface area contributed by atoms with Crippen molar-refractivity contribution in [1.29, 1.82) is 0 Å². The monoisotopic (exact) mass is 1440 g/mol. The molecule has 20 rings (SSSR count). The smallest absolute Gasteiger partial charge is 0.160 e. The van der Waals surface area contributed by atoms with Gasteiger partial charge in [0, 0.05) is 91.6 Å². The van der Waals surface area contributed by atoms with Gasteiger partial charge in [-0.05, 0) is 150 Å². The van der Waals surface area contributed by atoms with E-state index in [0.29, 0.717) is 5.82 Å². The highest BCUT2D eigenvalue weighted by Gasteiger charge is 2.28. The molecule has 512 valence electrons. The first kappa shape index (κ1) is 66.8. The van der Waals surface area contributed by atoms with E-state index < -0.39 is 0 Å². The number of hydrogen-bond acceptors (Lipinski definition) is 10. The second-order valence-corrected chi connectivity index (χ2v) is 29.4. The molecule has 10 heteroatoms. The summed E-state index contributed by atoms with van der Waals surface area (Å²) in [4.78, 5) is 34.4. The van der Waals surface area contributed by atoms with Crippen molar-refractivity contribution in [2.45, 2.75) is 29.4 Å². The van der Waals surface area contributed by atoms with E-state index in [0.717, 1.165) is 84.5 Å². The van der Waals surface area contributed by atoms with Crippen molar-refractivity contribution in [2.75, 3.05) is 14.7 Å². The van der Waals surface area contributed by atoms with Crippen LogP contribution < -0.4 is 14.7 Å². The van der Waals surface area contributed by atoms with Crippen molar-refractivity contribution in [3.05, 3.63) is 407 Å². The van der Waals surface area contributed by atoms with Gasteiger partial charge in [-0.25, -0.2) is 15.0 Å². The zero-order chi connectivity index (χ0) is 72.0. The van der Waals surface area contributed by atoms with Gasteiger partial charge in [0.2, 0.25) is 0 Å². The third kappa shape index (κ3) is 14.0. The normalized spacial score (nSPS) is 12.1. The summed E-state index contributed by atoms with van der Waals surface area (Å²) in [6.07, 6.45) is 1.95. The number of anilines is 9. The molecule has 0 N–H and O–H groups in total. The standard InChI is InChI=1S/C40H27N3S.2C29H20N2S/c1-3-11-28(12-4-1)29-19-21-32(22-20-29)40-41-34(30-13-5-2-6-14-30)27-35(42-40)31-23-25-33(26-24-31)43-36-15-7-9-17-38(36)44-39-18-10-8-16-37(39)43;1-2-9-21(10-3-1)24-11-8-12-25(30-24)22-17-19-23(20-18-22)31-26-13-4-6-15-28(26)32-29-16-7-5-14-27(29)31;1-2-8-21(9-3-1)23-16-19-25(30-20-23)22-14-17-24(18-15-22)31-26-10-4-6-12-28(26)32-29-13-7-5-11-27(29)31/h1-27H;2*1-20H. The maximum Gasteiger partial charge on any atom is 0.160 e. The molecule has 0 bridgehead atoms. The lowest BCUT2D eigenvalue weighted by Crippen LogP contribution is -2.14. The van der Waals surface area contributed by atoms with Crippen LogP contribution in [0.1, 0.15) is 0 Å². The Bertz CT molecular complexity index is 5880. The Kier molecular flexibility index (Phi) is 18.9. The van der Waals surface area contributed by atoms with E-state index in [1.165, 1.54) is 80.2 Å². The Balaban J connectivity index is 0.000000116. The Morgan fingerprint density at radius 1 is 0.176 bits per heavy atom. The quantitative estimate of drug-likeness (QED) is 0.125. The van der Waals surface area contributed by atoms with Crippen LogP contribution in [0, 0.1) is 0 Å². The molecule has 0 fully saturated rings. The zero-order valence-corrected chi connectivity index (χ0v) is 61.0. The van der Waals surface area contributed by atoms with Crippen LogP contribution >= 0.6 is 35.3 Å². The van der Waals surface area contributed by atoms with Gasteiger partial charge in [-0.2, -0.15) is 0 Å². The summed E-state index contributed by atoms with van der Waals surface area (Å²) < 4.78 is 0. The Hall–Kier alpha value is -13.1. The van der Waals surface area contributed by atoms with E-state index in [2.05, 4.69) is 367 Å². The number of benzene rings is 14. The van der Waals surface area contributed by atoms with Crippen LogP contribution in [0.5, 0.6) is 0 Å². The molecule has 0 radical (unpaired) electrons. The molecule has 0 aliphatic carbocycles. The van der Waals surface area contributed by atoms with Gasteiger partial charge >= 0.3 is 0 Å². The predicted molar refractivity (Wildman–Crippen MR) is 450 cm³/mol. The number of fused-ring (bicyclic) bond motifs is 6. The van der Waals surface area contributed by atoms with E-state index in [1.54, 1.807) is 0 Å². The average Bonchev–Trinajstić information content (AvgIpc) is 0.774. The average molecular weight is 1440 g/mol. The van der Waals surface area contributed by atoms with Crippen molar-refractivity contribution >= 4 is 86.5 Å². The van der Waals surface area contributed by atoms with Gasteiger partial charge in [-0.15, -0.1) is 0 Å². The molecule has 0 unspecified atom stereocenters. The fourth-order valence-corrected chi connectivity index (χ4v) is 17.1. The number of para-hydroxylation sites is 6. The van der Waals surface area contributed by atoms with Crippen molar-refractivity contribution in [3.8, 4) is 89.9 Å². The molecule has 0 spiro atoms. The van der Waals surface area contributed by atoms with Crippen molar-refractivity contribution in [2.24, 2.45) is 0 Å². The molecule has 0 amide bonds. The summed E-state index contributed by atoms with van der Waals surface area (Å²) in [7, 11) is 0. The van der Waals surface area contributed by atoms with E-state index in [1.807, 2.05) is 90.0 Å². The third-order valence-electron chi connectivity index (χ3n) is 19.3. The lowest BCUT2D eigenvalue weighted by Gasteiger charge is -2.32. The second-order valence-electron chi connectivity index (χ2n) is 26.1. The molecule has 0 saturated carbocycles. The topological polar surface area (TPSA) is 61.3 Å². The molecular weight excluding hydrogens is 1370 g/mol. The number of aromatic nitrogens is 4. The van der Waals surface area contributed by atoms with E-state index in [-0.39, 0.29) is 0 Å². The Morgan fingerprint density at radius 3 is 0.787 bits per heavy atom. The van der Waals surface area contributed by atoms with Crippen LogP contribution in [0.4, 0.5) is 51.2 Å². The van der Waals surface area contributed by atoms with E-state index >= 15 is 0 Å². The molecule has 14 aromatic carbocycles. The minimum absolute atomic E-state index is 0.709. The summed E-state index contributed by atoms with van der Waals surface area (Å²) in [5, 5.41) is 0. The van der Waals surface area contributed by atoms with Gasteiger partial charge in [-0.1, -0.05) is 302 Å². The van der Waals surface area contributed by atoms with Crippen LogP contribution in [0.25, 0.3) is 89.9 Å². The Morgan fingerprint density at radius 2 is 0.435 bits per heavy atom. The largest absolute Gasteiger partial charge is 0.308 e. The number of nitrogens with zero attached hydrogens (tertiary/aromatic N) is 7. The first-order valence-electron chi connectivity index (χ1n) is 36.0. The zero-order valence-electron chi connectivity index (χ0n) is 58.5. The maximum absolute atomic E-state index is 5.09. The van der Waals surface area contributed by atoms with Crippen LogP contribution in [0.2, 0.25) is 0 Å². The minimum atomic E-state index is 0.709. The SMILES string of the molecule is c1ccc(-c2ccc(-c3ccc(N4c5ccccc5Sc5ccccc54)cc3)nc2)cc1.c1ccc(-c2ccc(-c3nc(-c4ccccc4)cc(-c4ccc(N5c6ccccc6Sc6ccccc65)cc4)n3)cc2)cc1.c1ccc(-c2cccc(-c3ccc(N4c5ccccc5Sc5ccccc54)cc3)n2)cc1. The van der Waals surface area contributed by atoms with Crippen molar-refractivity contribution in [3.63, 3.8) is 0 Å². The molecule has 3 aliphatic heterocycles. The Labute approximate surface area is 642 Å². The first-order valence-corrected chi connectivity index (χ1v) is 38.4. The summed E-state index contributed by atoms with van der Waals surface area (Å²) >= 11 is 5.48. The summed E-state index contributed by atoms with van der Waals surface area (Å²) in [5.74, 6) is 0.709. The number of rotatable bonds is 11. The van der Waals surface area contributed by atoms with Gasteiger partial charge in [0.25, 0.3) is 0 Å². The molecule has 3 aliphatic rings. The van der Waals surface area contributed by atoms with Gasteiger partial charge in [0.05, 0.1) is 62.6 Å².